The summed E-state index contributed by atoms with van der Waals surface area (Å²) in [5.41, 5.74) is 0.856. The monoisotopic (exact) mass is 267 g/mol. The van der Waals surface area contributed by atoms with Crippen molar-refractivity contribution in [1.82, 2.24) is 4.90 Å². The number of rotatable bonds is 8. The first-order valence-corrected chi connectivity index (χ1v) is 6.75. The Bertz CT molecular complexity index is 368. The summed E-state index contributed by atoms with van der Waals surface area (Å²) < 4.78 is 5.16. The van der Waals surface area contributed by atoms with Gasteiger partial charge >= 0.3 is 0 Å². The summed E-state index contributed by atoms with van der Waals surface area (Å²) in [5.74, 6) is 0.753. The molecule has 108 valence electrons. The maximum atomic E-state index is 10.3. The van der Waals surface area contributed by atoms with E-state index >= 15 is 0 Å². The normalized spacial score (nSPS) is 13.0. The van der Waals surface area contributed by atoms with Crippen LogP contribution in [0, 0.1) is 0 Å². The van der Waals surface area contributed by atoms with Gasteiger partial charge in [0.15, 0.2) is 0 Å². The lowest BCUT2D eigenvalue weighted by molar-refractivity contribution is 0.0902. The second kappa shape index (κ2) is 8.15. The van der Waals surface area contributed by atoms with Gasteiger partial charge in [0, 0.05) is 25.7 Å². The van der Waals surface area contributed by atoms with E-state index in [4.69, 9.17) is 9.84 Å². The fourth-order valence-electron chi connectivity index (χ4n) is 2.01. The SMILES string of the molecule is COc1cccc(C(O)CN(CCCO)C(C)C)c1. The van der Waals surface area contributed by atoms with Gasteiger partial charge in [0.25, 0.3) is 0 Å². The molecule has 19 heavy (non-hydrogen) atoms. The number of benzene rings is 1. The molecule has 0 aliphatic rings. The smallest absolute Gasteiger partial charge is 0.119 e. The lowest BCUT2D eigenvalue weighted by Gasteiger charge is -2.28. The average molecular weight is 267 g/mol. The molecule has 0 aliphatic carbocycles. The maximum Gasteiger partial charge on any atom is 0.119 e. The minimum atomic E-state index is -0.545. The molecule has 1 atom stereocenters. The highest BCUT2D eigenvalue weighted by Crippen LogP contribution is 2.20. The van der Waals surface area contributed by atoms with E-state index in [0.29, 0.717) is 12.6 Å². The standard InChI is InChI=1S/C15H25NO3/c1-12(2)16(8-5-9-17)11-15(18)13-6-4-7-14(10-13)19-3/h4,6-7,10,12,15,17-18H,5,8-9,11H2,1-3H3. The minimum Gasteiger partial charge on any atom is -0.497 e. The van der Waals surface area contributed by atoms with Crippen LogP contribution in [0.25, 0.3) is 0 Å². The molecule has 4 heteroatoms. The lowest BCUT2D eigenvalue weighted by Crippen LogP contribution is -2.35. The molecule has 0 aliphatic heterocycles. The summed E-state index contributed by atoms with van der Waals surface area (Å²) in [6.45, 7) is 5.71. The molecule has 0 amide bonds. The van der Waals surface area contributed by atoms with Crippen LogP contribution in [0.2, 0.25) is 0 Å². The Labute approximate surface area is 115 Å². The molecule has 1 aromatic rings. The highest BCUT2D eigenvalue weighted by atomic mass is 16.5. The van der Waals surface area contributed by atoms with Gasteiger partial charge in [-0.3, -0.25) is 4.90 Å². The van der Waals surface area contributed by atoms with Crippen LogP contribution in [0.3, 0.4) is 0 Å². The van der Waals surface area contributed by atoms with Gasteiger partial charge in [-0.1, -0.05) is 12.1 Å². The maximum absolute atomic E-state index is 10.3. The highest BCUT2D eigenvalue weighted by molar-refractivity contribution is 5.29. The summed E-state index contributed by atoms with van der Waals surface area (Å²) in [6, 6.07) is 7.84. The zero-order valence-corrected chi connectivity index (χ0v) is 12.0. The second-order valence-corrected chi connectivity index (χ2v) is 4.96. The van der Waals surface area contributed by atoms with Gasteiger partial charge < -0.3 is 14.9 Å². The van der Waals surface area contributed by atoms with Crippen LogP contribution in [0.1, 0.15) is 31.9 Å². The molecule has 0 spiro atoms. The molecule has 0 fully saturated rings. The molecule has 1 aromatic carbocycles. The van der Waals surface area contributed by atoms with E-state index in [1.165, 1.54) is 0 Å². The molecule has 0 saturated heterocycles. The molecule has 2 N–H and O–H groups in total. The Morgan fingerprint density at radius 1 is 1.32 bits per heavy atom. The molecule has 1 unspecified atom stereocenters. The molecular weight excluding hydrogens is 242 g/mol. The van der Waals surface area contributed by atoms with Gasteiger partial charge in [0.1, 0.15) is 5.75 Å². The molecule has 4 nitrogen and oxygen atoms in total. The Morgan fingerprint density at radius 2 is 2.05 bits per heavy atom. The molecule has 0 bridgehead atoms. The minimum absolute atomic E-state index is 0.179. The molecule has 0 aromatic heterocycles. The first-order chi connectivity index (χ1) is 9.08. The summed E-state index contributed by atoms with van der Waals surface area (Å²) in [6.07, 6.45) is 0.180. The third-order valence-corrected chi connectivity index (χ3v) is 3.22. The molecule has 0 heterocycles. The summed E-state index contributed by atoms with van der Waals surface area (Å²) >= 11 is 0. The van der Waals surface area contributed by atoms with Crippen molar-refractivity contribution in [2.75, 3.05) is 26.8 Å². The zero-order chi connectivity index (χ0) is 14.3. The van der Waals surface area contributed by atoms with Gasteiger partial charge in [-0.2, -0.15) is 0 Å². The number of aliphatic hydroxyl groups excluding tert-OH is 2. The number of nitrogens with zero attached hydrogens (tertiary/aromatic N) is 1. The fourth-order valence-corrected chi connectivity index (χ4v) is 2.01. The van der Waals surface area contributed by atoms with Crippen molar-refractivity contribution in [3.63, 3.8) is 0 Å². The Hall–Kier alpha value is -1.10. The Balaban J connectivity index is 2.66. The van der Waals surface area contributed by atoms with E-state index in [-0.39, 0.29) is 6.61 Å². The fraction of sp³-hybridized carbons (Fsp3) is 0.600. The van der Waals surface area contributed by atoms with E-state index in [1.807, 2.05) is 24.3 Å². The third-order valence-electron chi connectivity index (χ3n) is 3.22. The van der Waals surface area contributed by atoms with E-state index in [9.17, 15) is 5.11 Å². The Kier molecular flexibility index (Phi) is 6.84. The van der Waals surface area contributed by atoms with E-state index in [2.05, 4.69) is 18.7 Å². The average Bonchev–Trinajstić information content (AvgIpc) is 2.42. The van der Waals surface area contributed by atoms with Crippen molar-refractivity contribution in [3.8, 4) is 5.75 Å². The first kappa shape index (κ1) is 16.0. The van der Waals surface area contributed by atoms with E-state index in [1.54, 1.807) is 7.11 Å². The third kappa shape index (κ3) is 5.19. The highest BCUT2D eigenvalue weighted by Gasteiger charge is 2.16. The van der Waals surface area contributed by atoms with Gasteiger partial charge in [-0.05, 0) is 38.0 Å². The Morgan fingerprint density at radius 3 is 2.63 bits per heavy atom. The zero-order valence-electron chi connectivity index (χ0n) is 12.0. The molecule has 0 radical (unpaired) electrons. The van der Waals surface area contributed by atoms with Crippen molar-refractivity contribution in [2.45, 2.75) is 32.4 Å². The summed E-state index contributed by atoms with van der Waals surface area (Å²) in [7, 11) is 1.62. The van der Waals surface area contributed by atoms with E-state index < -0.39 is 6.10 Å². The van der Waals surface area contributed by atoms with Crippen LogP contribution in [-0.2, 0) is 0 Å². The molecule has 0 saturated carbocycles. The van der Waals surface area contributed by atoms with Crippen molar-refractivity contribution in [3.05, 3.63) is 29.8 Å². The molecular formula is C15H25NO3. The van der Waals surface area contributed by atoms with Crippen LogP contribution in [0.15, 0.2) is 24.3 Å². The van der Waals surface area contributed by atoms with E-state index in [0.717, 1.165) is 24.3 Å². The lowest BCUT2D eigenvalue weighted by atomic mass is 10.1. The van der Waals surface area contributed by atoms with Gasteiger partial charge in [-0.15, -0.1) is 0 Å². The largest absolute Gasteiger partial charge is 0.497 e. The quantitative estimate of drug-likeness (QED) is 0.754. The van der Waals surface area contributed by atoms with Crippen LogP contribution in [0.4, 0.5) is 0 Å². The summed E-state index contributed by atoms with van der Waals surface area (Å²) in [5, 5.41) is 19.2. The topological polar surface area (TPSA) is 52.9 Å². The second-order valence-electron chi connectivity index (χ2n) is 4.96. The van der Waals surface area contributed by atoms with Gasteiger partial charge in [0.2, 0.25) is 0 Å². The van der Waals surface area contributed by atoms with Crippen molar-refractivity contribution >= 4 is 0 Å². The van der Waals surface area contributed by atoms with Crippen molar-refractivity contribution in [2.24, 2.45) is 0 Å². The number of hydrogen-bond acceptors (Lipinski definition) is 4. The molecule has 1 rings (SSSR count). The van der Waals surface area contributed by atoms with Crippen LogP contribution in [0.5, 0.6) is 5.75 Å². The number of ether oxygens (including phenoxy) is 1. The predicted octanol–water partition coefficient (Wildman–Crippen LogP) is 1.82. The van der Waals surface area contributed by atoms with Crippen molar-refractivity contribution in [1.29, 1.82) is 0 Å². The first-order valence-electron chi connectivity index (χ1n) is 6.75. The van der Waals surface area contributed by atoms with Crippen LogP contribution >= 0.6 is 0 Å². The van der Waals surface area contributed by atoms with Crippen LogP contribution < -0.4 is 4.74 Å². The number of hydrogen-bond donors (Lipinski definition) is 2. The van der Waals surface area contributed by atoms with Crippen LogP contribution in [-0.4, -0.2) is 48.0 Å². The van der Waals surface area contributed by atoms with Gasteiger partial charge in [0.05, 0.1) is 13.2 Å². The van der Waals surface area contributed by atoms with Gasteiger partial charge in [-0.25, -0.2) is 0 Å². The number of aliphatic hydroxyl groups is 2. The predicted molar refractivity (Wildman–Crippen MR) is 76.4 cm³/mol. The number of methoxy groups -OCH3 is 1. The summed E-state index contributed by atoms with van der Waals surface area (Å²) in [4.78, 5) is 2.17. The van der Waals surface area contributed by atoms with Crippen molar-refractivity contribution < 1.29 is 14.9 Å².